The lowest BCUT2D eigenvalue weighted by Crippen LogP contribution is -2.51. The van der Waals surface area contributed by atoms with Gasteiger partial charge in [-0.3, -0.25) is 13.9 Å². The molecule has 0 aliphatic carbocycles. The molecule has 1 atom stereocenters. The Labute approximate surface area is 212 Å². The fourth-order valence-corrected chi connectivity index (χ4v) is 4.63. The number of carbonyl (C=O) groups excluding carboxylic acids is 2. The van der Waals surface area contributed by atoms with Gasteiger partial charge in [-0.15, -0.1) is 0 Å². The molecule has 2 aromatic rings. The van der Waals surface area contributed by atoms with Crippen molar-refractivity contribution >= 4 is 50.7 Å². The van der Waals surface area contributed by atoms with Gasteiger partial charge in [-0.25, -0.2) is 8.42 Å². The summed E-state index contributed by atoms with van der Waals surface area (Å²) in [6.07, 6.45) is 1.80. The normalized spacial score (nSPS) is 12.2. The highest BCUT2D eigenvalue weighted by Crippen LogP contribution is 2.26. The number of hydrogen-bond donors (Lipinski definition) is 1. The van der Waals surface area contributed by atoms with Gasteiger partial charge in [0.25, 0.3) is 0 Å². The molecule has 0 saturated heterocycles. The highest BCUT2D eigenvalue weighted by atomic mass is 35.5. The third kappa shape index (κ3) is 7.10. The van der Waals surface area contributed by atoms with Crippen LogP contribution >= 0.6 is 23.2 Å². The van der Waals surface area contributed by atoms with Crippen molar-refractivity contribution in [3.8, 4) is 0 Å². The number of carbonyl (C=O) groups is 2. The average molecular weight is 529 g/mol. The molecule has 0 radical (unpaired) electrons. The number of benzene rings is 2. The van der Waals surface area contributed by atoms with E-state index in [9.17, 15) is 18.0 Å². The fourth-order valence-electron chi connectivity index (χ4n) is 3.41. The average Bonchev–Trinajstić information content (AvgIpc) is 2.77. The molecule has 0 spiro atoms. The Morgan fingerprint density at radius 1 is 1.09 bits per heavy atom. The third-order valence-electron chi connectivity index (χ3n) is 5.58. The molecule has 7 nitrogen and oxygen atoms in total. The van der Waals surface area contributed by atoms with E-state index in [0.29, 0.717) is 27.8 Å². The topological polar surface area (TPSA) is 86.8 Å². The van der Waals surface area contributed by atoms with Gasteiger partial charge in [0.15, 0.2) is 0 Å². The minimum absolute atomic E-state index is 0.0564. The summed E-state index contributed by atoms with van der Waals surface area (Å²) in [7, 11) is -3.78. The Kier molecular flexibility index (Phi) is 9.79. The second-order valence-corrected chi connectivity index (χ2v) is 10.9. The summed E-state index contributed by atoms with van der Waals surface area (Å²) in [6.45, 7) is 7.30. The van der Waals surface area contributed by atoms with E-state index in [-0.39, 0.29) is 12.5 Å². The van der Waals surface area contributed by atoms with Gasteiger partial charge in [-0.1, -0.05) is 48.3 Å². The molecule has 0 heterocycles. The summed E-state index contributed by atoms with van der Waals surface area (Å²) in [5.41, 5.74) is 2.74. The fraction of sp³-hybridized carbons (Fsp3) is 0.417. The van der Waals surface area contributed by atoms with Crippen LogP contribution in [0.15, 0.2) is 36.4 Å². The van der Waals surface area contributed by atoms with Crippen LogP contribution in [0, 0.1) is 13.8 Å². The molecule has 186 valence electrons. The maximum Gasteiger partial charge on any atom is 0.244 e. The van der Waals surface area contributed by atoms with E-state index in [1.165, 1.54) is 4.90 Å². The predicted molar refractivity (Wildman–Crippen MR) is 138 cm³/mol. The first-order chi connectivity index (χ1) is 15.9. The van der Waals surface area contributed by atoms with Crippen LogP contribution in [0.5, 0.6) is 0 Å². The van der Waals surface area contributed by atoms with Crippen molar-refractivity contribution in [3.05, 3.63) is 63.1 Å². The Bertz CT molecular complexity index is 1150. The lowest BCUT2D eigenvalue weighted by molar-refractivity contribution is -0.139. The summed E-state index contributed by atoms with van der Waals surface area (Å²) in [5, 5.41) is 3.49. The molecule has 1 N–H and O–H groups in total. The van der Waals surface area contributed by atoms with Crippen LogP contribution in [0.25, 0.3) is 0 Å². The van der Waals surface area contributed by atoms with Gasteiger partial charge in [0.05, 0.1) is 22.0 Å². The minimum atomic E-state index is -3.78. The molecular formula is C24H31Cl2N3O4S. The number of aryl methyl sites for hydroxylation is 1. The number of nitrogens with one attached hydrogen (secondary N) is 1. The summed E-state index contributed by atoms with van der Waals surface area (Å²) in [5.74, 6) is -0.843. The molecule has 0 aliphatic heterocycles. The number of anilines is 1. The third-order valence-corrected chi connectivity index (χ3v) is 7.44. The molecule has 0 aromatic heterocycles. The van der Waals surface area contributed by atoms with Crippen molar-refractivity contribution in [3.63, 3.8) is 0 Å². The number of amides is 2. The minimum Gasteiger partial charge on any atom is -0.354 e. The molecule has 2 amide bonds. The first-order valence-corrected chi connectivity index (χ1v) is 13.5. The van der Waals surface area contributed by atoms with Crippen LogP contribution in [0.1, 0.15) is 37.0 Å². The predicted octanol–water partition coefficient (Wildman–Crippen LogP) is 4.32. The van der Waals surface area contributed by atoms with Crippen molar-refractivity contribution in [1.29, 1.82) is 0 Å². The Hall–Kier alpha value is -2.29. The van der Waals surface area contributed by atoms with Gasteiger partial charge >= 0.3 is 0 Å². The molecule has 2 aromatic carbocycles. The van der Waals surface area contributed by atoms with E-state index in [1.807, 2.05) is 26.8 Å². The standard InChI is InChI=1S/C24H31Cl2N3O4S/c1-6-12-27-24(31)18(4)28(14-19-10-11-20(25)21(26)13-19)23(30)15-29(34(5,32)33)22-9-7-8-16(2)17(22)3/h7-11,13,18H,6,12,14-15H2,1-5H3,(H,27,31)/t18-/m1/s1. The molecule has 34 heavy (non-hydrogen) atoms. The number of sulfonamides is 1. The van der Waals surface area contributed by atoms with Crippen LogP contribution in [0.3, 0.4) is 0 Å². The van der Waals surface area contributed by atoms with Crippen LogP contribution in [-0.4, -0.2) is 50.5 Å². The SMILES string of the molecule is CCCNC(=O)[C@@H](C)N(Cc1ccc(Cl)c(Cl)c1)C(=O)CN(c1cccc(C)c1C)S(C)(=O)=O. The van der Waals surface area contributed by atoms with E-state index < -0.39 is 28.5 Å². The van der Waals surface area contributed by atoms with Gasteiger partial charge in [-0.2, -0.15) is 0 Å². The van der Waals surface area contributed by atoms with Crippen molar-refractivity contribution in [2.45, 2.75) is 46.7 Å². The van der Waals surface area contributed by atoms with Crippen molar-refractivity contribution in [2.24, 2.45) is 0 Å². The van der Waals surface area contributed by atoms with Crippen molar-refractivity contribution < 1.29 is 18.0 Å². The number of hydrogen-bond acceptors (Lipinski definition) is 4. The summed E-state index contributed by atoms with van der Waals surface area (Å²) in [4.78, 5) is 27.6. The second-order valence-electron chi connectivity index (χ2n) is 8.23. The van der Waals surface area contributed by atoms with E-state index in [0.717, 1.165) is 28.1 Å². The first kappa shape index (κ1) is 28.0. The Morgan fingerprint density at radius 2 is 1.76 bits per heavy atom. The van der Waals surface area contributed by atoms with E-state index >= 15 is 0 Å². The number of rotatable bonds is 10. The molecule has 0 saturated carbocycles. The summed E-state index contributed by atoms with van der Waals surface area (Å²) in [6, 6.07) is 9.39. The van der Waals surface area contributed by atoms with Gasteiger partial charge in [0, 0.05) is 13.1 Å². The zero-order chi connectivity index (χ0) is 25.6. The molecule has 2 rings (SSSR count). The molecule has 0 fully saturated rings. The highest BCUT2D eigenvalue weighted by molar-refractivity contribution is 7.92. The van der Waals surface area contributed by atoms with Gasteiger partial charge in [-0.05, 0) is 62.1 Å². The van der Waals surface area contributed by atoms with E-state index in [1.54, 1.807) is 37.3 Å². The van der Waals surface area contributed by atoms with Gasteiger partial charge in [0.2, 0.25) is 21.8 Å². The van der Waals surface area contributed by atoms with Crippen molar-refractivity contribution in [2.75, 3.05) is 23.7 Å². The maximum atomic E-state index is 13.5. The quantitative estimate of drug-likeness (QED) is 0.498. The Morgan fingerprint density at radius 3 is 2.35 bits per heavy atom. The van der Waals surface area contributed by atoms with E-state index in [2.05, 4.69) is 5.32 Å². The van der Waals surface area contributed by atoms with Crippen LogP contribution in [0.2, 0.25) is 10.0 Å². The lowest BCUT2D eigenvalue weighted by atomic mass is 10.1. The van der Waals surface area contributed by atoms with Gasteiger partial charge < -0.3 is 10.2 Å². The van der Waals surface area contributed by atoms with E-state index in [4.69, 9.17) is 23.2 Å². The zero-order valence-electron chi connectivity index (χ0n) is 20.1. The molecule has 0 bridgehead atoms. The van der Waals surface area contributed by atoms with Crippen LogP contribution < -0.4 is 9.62 Å². The van der Waals surface area contributed by atoms with Crippen molar-refractivity contribution in [1.82, 2.24) is 10.2 Å². The smallest absolute Gasteiger partial charge is 0.244 e. The monoisotopic (exact) mass is 527 g/mol. The second kappa shape index (κ2) is 11.9. The van der Waals surface area contributed by atoms with Crippen LogP contribution in [-0.2, 0) is 26.2 Å². The Balaban J connectivity index is 2.44. The first-order valence-electron chi connectivity index (χ1n) is 10.9. The number of halogens is 2. The molecule has 0 aliphatic rings. The lowest BCUT2D eigenvalue weighted by Gasteiger charge is -2.32. The number of nitrogens with zero attached hydrogens (tertiary/aromatic N) is 2. The molecule has 0 unspecified atom stereocenters. The van der Waals surface area contributed by atoms with Gasteiger partial charge in [0.1, 0.15) is 12.6 Å². The summed E-state index contributed by atoms with van der Waals surface area (Å²) >= 11 is 12.2. The summed E-state index contributed by atoms with van der Waals surface area (Å²) < 4.78 is 26.4. The van der Waals surface area contributed by atoms with Crippen LogP contribution in [0.4, 0.5) is 5.69 Å². The highest BCUT2D eigenvalue weighted by Gasteiger charge is 2.30. The largest absolute Gasteiger partial charge is 0.354 e. The zero-order valence-corrected chi connectivity index (χ0v) is 22.4. The molecule has 10 heteroatoms. The molecular weight excluding hydrogens is 497 g/mol. The maximum absolute atomic E-state index is 13.5.